The van der Waals surface area contributed by atoms with E-state index < -0.39 is 0 Å². The van der Waals surface area contributed by atoms with Crippen LogP contribution < -0.4 is 10.8 Å². The minimum absolute atomic E-state index is 0.133. The Bertz CT molecular complexity index is 241. The largest absolute Gasteiger partial charge is 0.344 e. The summed E-state index contributed by atoms with van der Waals surface area (Å²) in [5, 5.41) is 2.59. The monoisotopic (exact) mass is 210 g/mol. The zero-order chi connectivity index (χ0) is 11.1. The smallest absolute Gasteiger partial charge is 0.239 e. The molecule has 1 amide bonds. The molecule has 2 N–H and O–H groups in total. The van der Waals surface area contributed by atoms with E-state index in [0.29, 0.717) is 0 Å². The van der Waals surface area contributed by atoms with Crippen LogP contribution in [-0.2, 0) is 9.63 Å². The third-order valence-corrected chi connectivity index (χ3v) is 2.47. The van der Waals surface area contributed by atoms with Crippen LogP contribution in [0, 0.1) is 12.3 Å². The molecule has 0 bridgehead atoms. The zero-order valence-corrected chi connectivity index (χ0v) is 9.08. The van der Waals surface area contributed by atoms with Crippen molar-refractivity contribution in [2.45, 2.75) is 44.8 Å². The molecule has 0 heterocycles. The van der Waals surface area contributed by atoms with Crippen molar-refractivity contribution in [1.82, 2.24) is 10.8 Å². The Balaban J connectivity index is 2.14. The number of carbonyl (C=O) groups is 1. The molecule has 84 valence electrons. The maximum Gasteiger partial charge on any atom is 0.239 e. The van der Waals surface area contributed by atoms with Crippen molar-refractivity contribution in [2.24, 2.45) is 0 Å². The number of rotatable bonds is 5. The van der Waals surface area contributed by atoms with Crippen LogP contribution in [0.25, 0.3) is 0 Å². The molecule has 15 heavy (non-hydrogen) atoms. The zero-order valence-electron chi connectivity index (χ0n) is 9.08. The average molecular weight is 210 g/mol. The van der Waals surface area contributed by atoms with Crippen LogP contribution in [0.2, 0.25) is 0 Å². The van der Waals surface area contributed by atoms with Crippen molar-refractivity contribution in [2.75, 3.05) is 6.54 Å². The van der Waals surface area contributed by atoms with Gasteiger partial charge < -0.3 is 5.32 Å². The molecule has 4 heteroatoms. The molecule has 4 nitrogen and oxygen atoms in total. The van der Waals surface area contributed by atoms with Gasteiger partial charge in [0.1, 0.15) is 6.04 Å². The third kappa shape index (κ3) is 4.32. The van der Waals surface area contributed by atoms with Crippen molar-refractivity contribution in [3.8, 4) is 12.3 Å². The molecular weight excluding hydrogens is 192 g/mol. The molecule has 0 aromatic heterocycles. The summed E-state index contributed by atoms with van der Waals surface area (Å²) in [4.78, 5) is 16.8. The van der Waals surface area contributed by atoms with Gasteiger partial charge in [-0.1, -0.05) is 18.8 Å². The van der Waals surface area contributed by atoms with E-state index in [4.69, 9.17) is 11.3 Å². The number of amides is 1. The molecule has 0 aromatic rings. The van der Waals surface area contributed by atoms with Gasteiger partial charge in [-0.25, -0.2) is 0 Å². The topological polar surface area (TPSA) is 50.4 Å². The van der Waals surface area contributed by atoms with Crippen LogP contribution >= 0.6 is 0 Å². The van der Waals surface area contributed by atoms with E-state index in [1.807, 2.05) is 0 Å². The van der Waals surface area contributed by atoms with Crippen LogP contribution in [0.1, 0.15) is 32.6 Å². The Morgan fingerprint density at radius 2 is 2.27 bits per heavy atom. The summed E-state index contributed by atoms with van der Waals surface area (Å²) >= 11 is 0. The van der Waals surface area contributed by atoms with Gasteiger partial charge in [0.15, 0.2) is 0 Å². The predicted molar refractivity (Wildman–Crippen MR) is 57.8 cm³/mol. The molecule has 0 saturated heterocycles. The lowest BCUT2D eigenvalue weighted by molar-refractivity contribution is -0.128. The van der Waals surface area contributed by atoms with Crippen LogP contribution in [-0.4, -0.2) is 24.6 Å². The Morgan fingerprint density at radius 3 is 2.87 bits per heavy atom. The third-order valence-electron chi connectivity index (χ3n) is 2.47. The maximum atomic E-state index is 11.4. The molecule has 1 saturated carbocycles. The van der Waals surface area contributed by atoms with Gasteiger partial charge in [0.05, 0.1) is 12.6 Å². The van der Waals surface area contributed by atoms with Gasteiger partial charge in [-0.3, -0.25) is 9.63 Å². The number of carbonyl (C=O) groups excluding carboxylic acids is 1. The molecule has 1 fully saturated rings. The van der Waals surface area contributed by atoms with Crippen molar-refractivity contribution in [3.63, 3.8) is 0 Å². The second kappa shape index (κ2) is 6.44. The van der Waals surface area contributed by atoms with E-state index in [0.717, 1.165) is 12.8 Å². The highest BCUT2D eigenvalue weighted by Crippen LogP contribution is 2.19. The molecule has 1 rings (SSSR count). The van der Waals surface area contributed by atoms with E-state index in [-0.39, 0.29) is 24.6 Å². The summed E-state index contributed by atoms with van der Waals surface area (Å²) in [6.45, 7) is 2.01. The molecule has 0 aliphatic heterocycles. The Kier molecular flexibility index (Phi) is 5.16. The van der Waals surface area contributed by atoms with Gasteiger partial charge in [-0.2, -0.15) is 5.48 Å². The summed E-state index contributed by atoms with van der Waals surface area (Å²) in [7, 11) is 0. The molecule has 0 spiro atoms. The minimum Gasteiger partial charge on any atom is -0.344 e. The number of hydrogen-bond acceptors (Lipinski definition) is 3. The normalized spacial score (nSPS) is 18.4. The Morgan fingerprint density at radius 1 is 1.60 bits per heavy atom. The lowest BCUT2D eigenvalue weighted by Crippen LogP contribution is -2.43. The van der Waals surface area contributed by atoms with Gasteiger partial charge >= 0.3 is 0 Å². The summed E-state index contributed by atoms with van der Waals surface area (Å²) in [6.07, 6.45) is 9.87. The molecular formula is C11H18N2O2. The number of terminal acetylenes is 1. The fraction of sp³-hybridized carbons (Fsp3) is 0.727. The summed E-state index contributed by atoms with van der Waals surface area (Å²) in [5.41, 5.74) is 2.75. The molecule has 0 radical (unpaired) electrons. The van der Waals surface area contributed by atoms with Crippen molar-refractivity contribution in [1.29, 1.82) is 0 Å². The SMILES string of the molecule is C#CCNC(=O)C(C)NOC1CCCC1. The van der Waals surface area contributed by atoms with Crippen LogP contribution in [0.3, 0.4) is 0 Å². The van der Waals surface area contributed by atoms with Crippen molar-refractivity contribution >= 4 is 5.91 Å². The van der Waals surface area contributed by atoms with Gasteiger partial charge in [-0.15, -0.1) is 6.42 Å². The number of nitrogens with one attached hydrogen (secondary N) is 2. The van der Waals surface area contributed by atoms with Gasteiger partial charge in [0.25, 0.3) is 0 Å². The first-order valence-corrected chi connectivity index (χ1v) is 5.36. The molecule has 1 atom stereocenters. The van der Waals surface area contributed by atoms with Gasteiger partial charge in [-0.05, 0) is 19.8 Å². The predicted octanol–water partition coefficient (Wildman–Crippen LogP) is 0.588. The Hall–Kier alpha value is -1.05. The van der Waals surface area contributed by atoms with Crippen molar-refractivity contribution in [3.05, 3.63) is 0 Å². The first-order chi connectivity index (χ1) is 7.24. The van der Waals surface area contributed by atoms with Crippen LogP contribution in [0.5, 0.6) is 0 Å². The Labute approximate surface area is 90.7 Å². The fourth-order valence-corrected chi connectivity index (χ4v) is 1.55. The minimum atomic E-state index is -0.362. The highest BCUT2D eigenvalue weighted by molar-refractivity contribution is 5.81. The van der Waals surface area contributed by atoms with Crippen LogP contribution in [0.15, 0.2) is 0 Å². The standard InChI is InChI=1S/C11H18N2O2/c1-3-8-12-11(14)9(2)13-15-10-6-4-5-7-10/h1,9-10,13H,4-8H2,2H3,(H,12,14). The molecule has 1 aliphatic carbocycles. The van der Waals surface area contributed by atoms with Crippen LogP contribution in [0.4, 0.5) is 0 Å². The lowest BCUT2D eigenvalue weighted by Gasteiger charge is -2.16. The van der Waals surface area contributed by atoms with E-state index in [1.54, 1.807) is 6.92 Å². The maximum absolute atomic E-state index is 11.4. The highest BCUT2D eigenvalue weighted by atomic mass is 16.7. The molecule has 1 aliphatic rings. The molecule has 1 unspecified atom stereocenters. The second-order valence-electron chi connectivity index (χ2n) is 3.79. The highest BCUT2D eigenvalue weighted by Gasteiger charge is 2.18. The molecule has 0 aromatic carbocycles. The van der Waals surface area contributed by atoms with E-state index >= 15 is 0 Å². The first kappa shape index (κ1) is 12.0. The van der Waals surface area contributed by atoms with Crippen molar-refractivity contribution < 1.29 is 9.63 Å². The summed E-state index contributed by atoms with van der Waals surface area (Å²) in [6, 6.07) is -0.362. The van der Waals surface area contributed by atoms with E-state index in [2.05, 4.69) is 16.7 Å². The van der Waals surface area contributed by atoms with E-state index in [1.165, 1.54) is 12.8 Å². The van der Waals surface area contributed by atoms with E-state index in [9.17, 15) is 4.79 Å². The lowest BCUT2D eigenvalue weighted by atomic mass is 10.3. The number of hydroxylamine groups is 1. The first-order valence-electron chi connectivity index (χ1n) is 5.36. The second-order valence-corrected chi connectivity index (χ2v) is 3.79. The fourth-order valence-electron chi connectivity index (χ4n) is 1.55. The summed E-state index contributed by atoms with van der Waals surface area (Å²) < 4.78 is 0. The average Bonchev–Trinajstić information content (AvgIpc) is 2.75. The van der Waals surface area contributed by atoms with Gasteiger partial charge in [0, 0.05) is 0 Å². The quantitative estimate of drug-likeness (QED) is 0.516. The van der Waals surface area contributed by atoms with Gasteiger partial charge in [0.2, 0.25) is 5.91 Å². The summed E-state index contributed by atoms with van der Waals surface area (Å²) in [5.74, 6) is 2.22. The number of hydrogen-bond donors (Lipinski definition) is 2.